The first kappa shape index (κ1) is 12.9. The summed E-state index contributed by atoms with van der Waals surface area (Å²) in [4.78, 5) is 11.8. The van der Waals surface area contributed by atoms with Crippen molar-refractivity contribution in [2.45, 2.75) is 63.8 Å². The van der Waals surface area contributed by atoms with Gasteiger partial charge in [0, 0.05) is 12.5 Å². The molecule has 1 saturated carbocycles. The highest BCUT2D eigenvalue weighted by molar-refractivity contribution is 5.76. The molecule has 2 fully saturated rings. The first-order chi connectivity index (χ1) is 8.34. The van der Waals surface area contributed by atoms with E-state index in [1.807, 2.05) is 0 Å². The first-order valence-corrected chi connectivity index (χ1v) is 7.34. The van der Waals surface area contributed by atoms with Crippen LogP contribution >= 0.6 is 0 Å². The molecule has 0 bridgehead atoms. The van der Waals surface area contributed by atoms with E-state index in [0.29, 0.717) is 6.04 Å². The molecule has 1 saturated heterocycles. The molecule has 2 N–H and O–H groups in total. The van der Waals surface area contributed by atoms with Crippen LogP contribution in [0.5, 0.6) is 0 Å². The maximum atomic E-state index is 11.8. The van der Waals surface area contributed by atoms with Gasteiger partial charge in [-0.1, -0.05) is 25.7 Å². The minimum atomic E-state index is 0.281. The molecule has 98 valence electrons. The van der Waals surface area contributed by atoms with Crippen molar-refractivity contribution in [3.8, 4) is 0 Å². The predicted octanol–water partition coefficient (Wildman–Crippen LogP) is 2.22. The fraction of sp³-hybridized carbons (Fsp3) is 0.929. The third-order valence-corrected chi connectivity index (χ3v) is 4.16. The lowest BCUT2D eigenvalue weighted by molar-refractivity contribution is -0.122. The van der Waals surface area contributed by atoms with Crippen LogP contribution in [0.4, 0.5) is 0 Å². The van der Waals surface area contributed by atoms with Gasteiger partial charge in [-0.2, -0.15) is 0 Å². The molecule has 1 aliphatic heterocycles. The van der Waals surface area contributed by atoms with Gasteiger partial charge in [-0.3, -0.25) is 4.79 Å². The van der Waals surface area contributed by atoms with Crippen LogP contribution in [0.25, 0.3) is 0 Å². The summed E-state index contributed by atoms with van der Waals surface area (Å²) in [6, 6.07) is 0.465. The van der Waals surface area contributed by atoms with Crippen LogP contribution in [-0.4, -0.2) is 25.0 Å². The third-order valence-electron chi connectivity index (χ3n) is 4.16. The summed E-state index contributed by atoms with van der Waals surface area (Å²) in [5.74, 6) is 1.01. The Hall–Kier alpha value is -0.570. The first-order valence-electron chi connectivity index (χ1n) is 7.34. The Labute approximate surface area is 105 Å². The molecule has 0 aromatic carbocycles. The summed E-state index contributed by atoms with van der Waals surface area (Å²) >= 11 is 0. The fourth-order valence-corrected chi connectivity index (χ4v) is 3.02. The van der Waals surface area contributed by atoms with Crippen LogP contribution < -0.4 is 10.6 Å². The molecule has 1 aliphatic carbocycles. The van der Waals surface area contributed by atoms with Crippen molar-refractivity contribution < 1.29 is 4.79 Å². The molecule has 1 amide bonds. The fourth-order valence-electron chi connectivity index (χ4n) is 3.02. The highest BCUT2D eigenvalue weighted by Crippen LogP contribution is 2.18. The number of rotatable bonds is 4. The zero-order valence-electron chi connectivity index (χ0n) is 10.8. The molecule has 17 heavy (non-hydrogen) atoms. The van der Waals surface area contributed by atoms with Crippen molar-refractivity contribution in [3.63, 3.8) is 0 Å². The quantitative estimate of drug-likeness (QED) is 0.737. The second-order valence-electron chi connectivity index (χ2n) is 5.65. The van der Waals surface area contributed by atoms with Crippen LogP contribution in [0.1, 0.15) is 57.8 Å². The van der Waals surface area contributed by atoms with E-state index in [1.165, 1.54) is 44.9 Å². The van der Waals surface area contributed by atoms with Crippen LogP contribution in [0.2, 0.25) is 0 Å². The Kier molecular flexibility index (Phi) is 5.30. The van der Waals surface area contributed by atoms with E-state index >= 15 is 0 Å². The van der Waals surface area contributed by atoms with Crippen molar-refractivity contribution >= 4 is 5.91 Å². The van der Waals surface area contributed by atoms with E-state index in [-0.39, 0.29) is 5.91 Å². The molecule has 1 unspecified atom stereocenters. The molecule has 1 atom stereocenters. The van der Waals surface area contributed by atoms with Gasteiger partial charge in [0.25, 0.3) is 0 Å². The molecule has 0 aromatic heterocycles. The summed E-state index contributed by atoms with van der Waals surface area (Å²) < 4.78 is 0. The summed E-state index contributed by atoms with van der Waals surface area (Å²) in [7, 11) is 0. The van der Waals surface area contributed by atoms with Crippen LogP contribution in [0, 0.1) is 5.92 Å². The van der Waals surface area contributed by atoms with E-state index in [4.69, 9.17) is 0 Å². The summed E-state index contributed by atoms with van der Waals surface area (Å²) in [6.07, 6.45) is 10.7. The van der Waals surface area contributed by atoms with Crippen LogP contribution in [-0.2, 0) is 4.79 Å². The molecule has 0 spiro atoms. The lowest BCUT2D eigenvalue weighted by Gasteiger charge is -2.16. The van der Waals surface area contributed by atoms with Crippen molar-refractivity contribution in [2.75, 3.05) is 13.1 Å². The van der Waals surface area contributed by atoms with Crippen LogP contribution in [0.3, 0.4) is 0 Å². The number of carbonyl (C=O) groups excluding carboxylic acids is 1. The summed E-state index contributed by atoms with van der Waals surface area (Å²) in [6.45, 7) is 2.24. The van der Waals surface area contributed by atoms with E-state index in [2.05, 4.69) is 10.6 Å². The number of hydrogen-bond donors (Lipinski definition) is 2. The monoisotopic (exact) mass is 238 g/mol. The van der Waals surface area contributed by atoms with Gasteiger partial charge < -0.3 is 10.6 Å². The third kappa shape index (κ3) is 4.66. The molecule has 0 radical (unpaired) electrons. The van der Waals surface area contributed by atoms with E-state index in [1.54, 1.807) is 0 Å². The lowest BCUT2D eigenvalue weighted by atomic mass is 10.0. The minimum absolute atomic E-state index is 0.281. The Morgan fingerprint density at radius 2 is 1.88 bits per heavy atom. The molecular formula is C14H26N2O. The lowest BCUT2D eigenvalue weighted by Crippen LogP contribution is -2.34. The van der Waals surface area contributed by atoms with Gasteiger partial charge in [-0.15, -0.1) is 0 Å². The number of amides is 1. The predicted molar refractivity (Wildman–Crippen MR) is 69.8 cm³/mol. The molecule has 1 heterocycles. The van der Waals surface area contributed by atoms with E-state index in [9.17, 15) is 4.79 Å². The van der Waals surface area contributed by atoms with E-state index < -0.39 is 0 Å². The van der Waals surface area contributed by atoms with Gasteiger partial charge in [0.2, 0.25) is 5.91 Å². The number of hydrogen-bond acceptors (Lipinski definition) is 2. The van der Waals surface area contributed by atoms with Gasteiger partial charge in [-0.25, -0.2) is 0 Å². The average molecular weight is 238 g/mol. The largest absolute Gasteiger partial charge is 0.353 e. The van der Waals surface area contributed by atoms with Gasteiger partial charge in [-0.05, 0) is 44.7 Å². The second kappa shape index (κ2) is 7.00. The van der Waals surface area contributed by atoms with Gasteiger partial charge in [0.15, 0.2) is 0 Å². The Balaban J connectivity index is 1.61. The topological polar surface area (TPSA) is 41.1 Å². The molecule has 0 aromatic rings. The van der Waals surface area contributed by atoms with Crippen molar-refractivity contribution in [1.82, 2.24) is 10.6 Å². The normalized spacial score (nSPS) is 26.7. The van der Waals surface area contributed by atoms with Crippen LogP contribution in [0.15, 0.2) is 0 Å². The molecule has 2 rings (SSSR count). The van der Waals surface area contributed by atoms with Crippen molar-refractivity contribution in [3.05, 3.63) is 0 Å². The van der Waals surface area contributed by atoms with E-state index in [0.717, 1.165) is 31.8 Å². The number of carbonyl (C=O) groups is 1. The highest BCUT2D eigenvalue weighted by atomic mass is 16.1. The van der Waals surface area contributed by atoms with Gasteiger partial charge >= 0.3 is 0 Å². The molecule has 3 heteroatoms. The minimum Gasteiger partial charge on any atom is -0.353 e. The maximum absolute atomic E-state index is 11.8. The maximum Gasteiger partial charge on any atom is 0.220 e. The molecule has 2 aliphatic rings. The average Bonchev–Trinajstić information content (AvgIpc) is 2.72. The van der Waals surface area contributed by atoms with Crippen molar-refractivity contribution in [1.29, 1.82) is 0 Å². The highest BCUT2D eigenvalue weighted by Gasteiger charge is 2.18. The molecular weight excluding hydrogens is 212 g/mol. The second-order valence-corrected chi connectivity index (χ2v) is 5.65. The van der Waals surface area contributed by atoms with Gasteiger partial charge in [0.1, 0.15) is 0 Å². The number of nitrogens with one attached hydrogen (secondary N) is 2. The zero-order valence-corrected chi connectivity index (χ0v) is 10.8. The van der Waals surface area contributed by atoms with Crippen molar-refractivity contribution in [2.24, 2.45) is 5.92 Å². The Bertz CT molecular complexity index is 228. The zero-order chi connectivity index (χ0) is 11.9. The standard InChI is InChI=1S/C14H26N2O/c17-14(8-7-12-9-10-15-11-12)16-13-5-3-1-2-4-6-13/h12-13,15H,1-11H2,(H,16,17). The summed E-state index contributed by atoms with van der Waals surface area (Å²) in [5, 5.41) is 6.58. The smallest absolute Gasteiger partial charge is 0.220 e. The Morgan fingerprint density at radius 3 is 2.53 bits per heavy atom. The van der Waals surface area contributed by atoms with Gasteiger partial charge in [0.05, 0.1) is 0 Å². The SMILES string of the molecule is O=C(CCC1CCNC1)NC1CCCCCC1. The summed E-state index contributed by atoms with van der Waals surface area (Å²) in [5.41, 5.74) is 0. The Morgan fingerprint density at radius 1 is 1.12 bits per heavy atom. The molecule has 3 nitrogen and oxygen atoms in total.